The molecule has 2 aromatic heterocycles. The fraction of sp³-hybridized carbons (Fsp3) is 0. The average molecular weight is 1230 g/mol. The van der Waals surface area contributed by atoms with E-state index in [1.807, 2.05) is 22.7 Å². The summed E-state index contributed by atoms with van der Waals surface area (Å²) in [6, 6.07) is 133. The molecule has 0 amide bonds. The molecular weight excluding hydrogens is 1170 g/mol. The largest absolute Gasteiger partial charge is 0.135 e. The van der Waals surface area contributed by atoms with E-state index in [-0.39, 0.29) is 0 Å². The van der Waals surface area contributed by atoms with Crippen molar-refractivity contribution in [3.8, 4) is 109 Å². The predicted molar refractivity (Wildman–Crippen MR) is 408 cm³/mol. The summed E-state index contributed by atoms with van der Waals surface area (Å²) in [6.07, 6.45) is 0. The molecule has 0 nitrogen and oxygen atoms in total. The van der Waals surface area contributed by atoms with Gasteiger partial charge in [-0.2, -0.15) is 0 Å². The maximum atomic E-state index is 2.40. The van der Waals surface area contributed by atoms with E-state index >= 15 is 0 Å². The number of benzene rings is 16. The molecule has 18 rings (SSSR count). The van der Waals surface area contributed by atoms with Gasteiger partial charge in [-0.15, -0.1) is 22.7 Å². The first-order chi connectivity index (χ1) is 46.6. The van der Waals surface area contributed by atoms with Crippen molar-refractivity contribution in [3.63, 3.8) is 0 Å². The highest BCUT2D eigenvalue weighted by Crippen LogP contribution is 2.50. The van der Waals surface area contributed by atoms with Gasteiger partial charge in [-0.3, -0.25) is 0 Å². The summed E-state index contributed by atoms with van der Waals surface area (Å²) < 4.78 is 0. The Kier molecular flexibility index (Phi) is 14.8. The Bertz CT molecular complexity index is 5720. The zero-order valence-electron chi connectivity index (χ0n) is 51.5. The van der Waals surface area contributed by atoms with Crippen molar-refractivity contribution in [3.05, 3.63) is 364 Å². The minimum absolute atomic E-state index is 1.23. The summed E-state index contributed by atoms with van der Waals surface area (Å²) in [5, 5.41) is 15.2. The van der Waals surface area contributed by atoms with Gasteiger partial charge in [-0.25, -0.2) is 0 Å². The Morgan fingerprint density at radius 1 is 0.138 bits per heavy atom. The molecule has 0 unspecified atom stereocenters. The summed E-state index contributed by atoms with van der Waals surface area (Å²) in [7, 11) is 0. The van der Waals surface area contributed by atoms with Crippen molar-refractivity contribution >= 4 is 87.3 Å². The third-order valence-corrected chi connectivity index (χ3v) is 20.9. The molecule has 0 spiro atoms. The van der Waals surface area contributed by atoms with Crippen molar-refractivity contribution in [2.75, 3.05) is 0 Å². The Balaban J connectivity index is 0.000000143. The molecule has 0 aliphatic rings. The van der Waals surface area contributed by atoms with Crippen LogP contribution in [0.2, 0.25) is 0 Å². The fourth-order valence-electron chi connectivity index (χ4n) is 14.3. The van der Waals surface area contributed by atoms with Gasteiger partial charge in [0, 0.05) is 19.5 Å². The second-order valence-corrected chi connectivity index (χ2v) is 26.3. The lowest BCUT2D eigenvalue weighted by molar-refractivity contribution is 1.63. The van der Waals surface area contributed by atoms with Gasteiger partial charge < -0.3 is 0 Å². The van der Waals surface area contributed by atoms with Gasteiger partial charge in [-0.1, -0.05) is 322 Å². The Morgan fingerprint density at radius 3 is 0.883 bits per heavy atom. The van der Waals surface area contributed by atoms with Crippen molar-refractivity contribution in [2.24, 2.45) is 0 Å². The van der Waals surface area contributed by atoms with E-state index in [0.717, 1.165) is 0 Å². The quantitative estimate of drug-likeness (QED) is 0.120. The maximum absolute atomic E-state index is 2.40. The molecule has 0 aliphatic carbocycles. The van der Waals surface area contributed by atoms with Crippen LogP contribution in [0.5, 0.6) is 0 Å². The number of fused-ring (bicyclic) bond motifs is 6. The van der Waals surface area contributed by atoms with Gasteiger partial charge in [0.15, 0.2) is 0 Å². The second-order valence-electron chi connectivity index (χ2n) is 24.1. The van der Waals surface area contributed by atoms with Gasteiger partial charge in [-0.05, 0) is 196 Å². The first-order valence-corrected chi connectivity index (χ1v) is 33.8. The third-order valence-electron chi connectivity index (χ3n) is 18.6. The van der Waals surface area contributed by atoms with E-state index in [2.05, 4.69) is 364 Å². The molecule has 440 valence electrons. The minimum Gasteiger partial charge on any atom is -0.135 e. The zero-order valence-corrected chi connectivity index (χ0v) is 53.1. The molecule has 0 bridgehead atoms. The molecule has 0 saturated carbocycles. The van der Waals surface area contributed by atoms with Crippen molar-refractivity contribution in [2.45, 2.75) is 0 Å². The number of hydrogen-bond donors (Lipinski definition) is 0. The molecule has 0 aliphatic heterocycles. The van der Waals surface area contributed by atoms with Crippen molar-refractivity contribution < 1.29 is 0 Å². The lowest BCUT2D eigenvalue weighted by Gasteiger charge is -2.21. The summed E-state index contributed by atoms with van der Waals surface area (Å²) >= 11 is 3.70. The molecule has 0 atom stereocenters. The Hall–Kier alpha value is -11.5. The number of hydrogen-bond acceptors (Lipinski definition) is 2. The van der Waals surface area contributed by atoms with Gasteiger partial charge >= 0.3 is 0 Å². The standard InChI is InChI=1S/2C46H30S/c1-3-13-31(14-4-1)37-24-12-17-32-25-26-36(30-42(32)37)46-40-22-9-7-20-38(40)45(39-21-8-10-23-41(39)46)35-19-11-18-34(29-35)44-28-27-43(47-44)33-15-5-2-6-16-33;1-3-14-31(15-4-1)37-27-26-32-16-7-8-21-36(32)45(37)46-40-24-11-9-22-38(40)44(39-23-10-12-25-41(39)46)35-20-13-19-34(30-35)43-29-28-42(47-43)33-17-5-2-6-18-33/h2*1-30H. The first kappa shape index (κ1) is 56.5. The van der Waals surface area contributed by atoms with E-state index in [4.69, 9.17) is 0 Å². The molecule has 0 N–H and O–H groups in total. The second kappa shape index (κ2) is 24.6. The Labute approximate surface area is 555 Å². The van der Waals surface area contributed by atoms with Gasteiger partial charge in [0.1, 0.15) is 0 Å². The van der Waals surface area contributed by atoms with E-state index in [1.54, 1.807) is 0 Å². The van der Waals surface area contributed by atoms with Crippen LogP contribution < -0.4 is 0 Å². The molecule has 0 radical (unpaired) electrons. The Morgan fingerprint density at radius 2 is 0.436 bits per heavy atom. The van der Waals surface area contributed by atoms with Gasteiger partial charge in [0.2, 0.25) is 0 Å². The minimum atomic E-state index is 1.23. The zero-order chi connectivity index (χ0) is 62.3. The smallest absolute Gasteiger partial charge is 0.0349 e. The molecule has 0 fully saturated rings. The molecule has 16 aromatic carbocycles. The molecule has 18 aromatic rings. The third kappa shape index (κ3) is 10.4. The van der Waals surface area contributed by atoms with Crippen LogP contribution in [-0.2, 0) is 0 Å². The van der Waals surface area contributed by atoms with E-state index < -0.39 is 0 Å². The number of thiophene rings is 2. The fourth-order valence-corrected chi connectivity index (χ4v) is 16.3. The lowest BCUT2D eigenvalue weighted by atomic mass is 9.82. The van der Waals surface area contributed by atoms with E-state index in [9.17, 15) is 0 Å². The highest BCUT2D eigenvalue weighted by atomic mass is 32.1. The van der Waals surface area contributed by atoms with Crippen LogP contribution in [0.1, 0.15) is 0 Å². The molecular formula is C92H60S2. The van der Waals surface area contributed by atoms with Crippen LogP contribution in [0.15, 0.2) is 364 Å². The van der Waals surface area contributed by atoms with Crippen LogP contribution in [-0.4, -0.2) is 0 Å². The number of rotatable bonds is 10. The maximum Gasteiger partial charge on any atom is 0.0349 e. The predicted octanol–water partition coefficient (Wildman–Crippen LogP) is 27.1. The van der Waals surface area contributed by atoms with Gasteiger partial charge in [0.25, 0.3) is 0 Å². The topological polar surface area (TPSA) is 0 Å². The molecule has 94 heavy (non-hydrogen) atoms. The summed E-state index contributed by atoms with van der Waals surface area (Å²) in [5.41, 5.74) is 20.1. The van der Waals surface area contributed by atoms with Crippen LogP contribution in [0.25, 0.3) is 173 Å². The van der Waals surface area contributed by atoms with Crippen LogP contribution >= 0.6 is 22.7 Å². The summed E-state index contributed by atoms with van der Waals surface area (Å²) in [5.74, 6) is 0. The average Bonchev–Trinajstić information content (AvgIpc) is 0.846. The molecule has 0 saturated heterocycles. The summed E-state index contributed by atoms with van der Waals surface area (Å²) in [6.45, 7) is 0. The van der Waals surface area contributed by atoms with Crippen LogP contribution in [0, 0.1) is 0 Å². The first-order valence-electron chi connectivity index (χ1n) is 32.2. The van der Waals surface area contributed by atoms with Crippen LogP contribution in [0.3, 0.4) is 0 Å². The highest BCUT2D eigenvalue weighted by molar-refractivity contribution is 7.19. The van der Waals surface area contributed by atoms with E-state index in [1.165, 1.54) is 173 Å². The highest BCUT2D eigenvalue weighted by Gasteiger charge is 2.23. The summed E-state index contributed by atoms with van der Waals surface area (Å²) in [4.78, 5) is 5.13. The van der Waals surface area contributed by atoms with Gasteiger partial charge in [0.05, 0.1) is 0 Å². The van der Waals surface area contributed by atoms with Crippen LogP contribution in [0.4, 0.5) is 0 Å². The molecule has 2 heterocycles. The molecule has 2 heteroatoms. The normalized spacial score (nSPS) is 11.4. The lowest BCUT2D eigenvalue weighted by Crippen LogP contribution is -1.94. The van der Waals surface area contributed by atoms with Crippen molar-refractivity contribution in [1.29, 1.82) is 0 Å². The van der Waals surface area contributed by atoms with Crippen molar-refractivity contribution in [1.82, 2.24) is 0 Å². The van der Waals surface area contributed by atoms with E-state index in [0.29, 0.717) is 0 Å². The SMILES string of the molecule is c1ccc(-c2ccc(-c3cccc(-c4c5ccccc5c(-c5c(-c6ccccc6)ccc6ccccc56)c5ccccc45)c3)s2)cc1.c1ccc(-c2ccc(-c3cccc(-c4c5ccccc5c(-c5ccc6cccc(-c7ccccc7)c6c5)c5ccccc45)c3)s2)cc1. The monoisotopic (exact) mass is 1230 g/mol.